The van der Waals surface area contributed by atoms with E-state index in [0.29, 0.717) is 12.0 Å². The molecule has 0 atom stereocenters. The van der Waals surface area contributed by atoms with Crippen molar-refractivity contribution >= 4 is 16.8 Å². The molecular weight excluding hydrogens is 208 g/mol. The number of hydrogen-bond acceptors (Lipinski definition) is 5. The van der Waals surface area contributed by atoms with Gasteiger partial charge in [-0.05, 0) is 13.3 Å². The highest BCUT2D eigenvalue weighted by Crippen LogP contribution is 2.38. The van der Waals surface area contributed by atoms with Crippen LogP contribution in [0, 0.1) is 0 Å². The maximum atomic E-state index is 10.9. The monoisotopic (exact) mass is 224 g/mol. The van der Waals surface area contributed by atoms with Gasteiger partial charge in [-0.1, -0.05) is 6.58 Å². The summed E-state index contributed by atoms with van der Waals surface area (Å²) >= 11 is 0. The standard InChI is InChI=1S/C8H16O5S/c1-7(2)8(9)13-5-4-6-14(10,11)12-3/h10-11H,1,4-6H2,2-3H3. The van der Waals surface area contributed by atoms with Gasteiger partial charge in [0.1, 0.15) is 0 Å². The van der Waals surface area contributed by atoms with Gasteiger partial charge in [-0.15, -0.1) is 0 Å². The first kappa shape index (κ1) is 13.4. The van der Waals surface area contributed by atoms with E-state index < -0.39 is 16.8 Å². The predicted octanol–water partition coefficient (Wildman–Crippen LogP) is 1.81. The van der Waals surface area contributed by atoms with Crippen molar-refractivity contribution in [2.75, 3.05) is 19.5 Å². The Morgan fingerprint density at radius 1 is 1.50 bits per heavy atom. The molecule has 0 bridgehead atoms. The number of hydrogen-bond donors (Lipinski definition) is 2. The Kier molecular flexibility index (Phi) is 5.78. The molecule has 2 N–H and O–H groups in total. The zero-order valence-corrected chi connectivity index (χ0v) is 9.17. The van der Waals surface area contributed by atoms with Gasteiger partial charge < -0.3 is 13.8 Å². The molecule has 0 saturated carbocycles. The summed E-state index contributed by atoms with van der Waals surface area (Å²) in [5.41, 5.74) is 0.323. The molecule has 84 valence electrons. The van der Waals surface area contributed by atoms with Gasteiger partial charge in [0.15, 0.2) is 0 Å². The first-order valence-corrected chi connectivity index (χ1v) is 5.67. The fourth-order valence-corrected chi connectivity index (χ4v) is 1.28. The summed E-state index contributed by atoms with van der Waals surface area (Å²) in [4.78, 5) is 10.9. The van der Waals surface area contributed by atoms with E-state index in [-0.39, 0.29) is 12.4 Å². The molecule has 0 fully saturated rings. The highest BCUT2D eigenvalue weighted by molar-refractivity contribution is 8.20. The second-order valence-electron chi connectivity index (χ2n) is 2.75. The molecule has 0 amide bonds. The first-order chi connectivity index (χ1) is 6.39. The predicted molar refractivity (Wildman–Crippen MR) is 55.1 cm³/mol. The highest BCUT2D eigenvalue weighted by Gasteiger charge is 2.14. The van der Waals surface area contributed by atoms with Gasteiger partial charge in [0.2, 0.25) is 0 Å². The Morgan fingerprint density at radius 3 is 2.50 bits per heavy atom. The fourth-order valence-electron chi connectivity index (χ4n) is 0.618. The van der Waals surface area contributed by atoms with E-state index in [1.54, 1.807) is 6.92 Å². The third kappa shape index (κ3) is 5.98. The average molecular weight is 224 g/mol. The van der Waals surface area contributed by atoms with Crippen molar-refractivity contribution in [1.29, 1.82) is 0 Å². The van der Waals surface area contributed by atoms with Crippen LogP contribution in [0.15, 0.2) is 12.2 Å². The van der Waals surface area contributed by atoms with Gasteiger partial charge >= 0.3 is 5.97 Å². The molecule has 0 heterocycles. The summed E-state index contributed by atoms with van der Waals surface area (Å²) in [7, 11) is -1.73. The largest absolute Gasteiger partial charge is 0.462 e. The molecule has 0 aliphatic carbocycles. The molecule has 0 unspecified atom stereocenters. The third-order valence-corrected chi connectivity index (χ3v) is 2.76. The maximum Gasteiger partial charge on any atom is 0.333 e. The minimum absolute atomic E-state index is 0.0625. The summed E-state index contributed by atoms with van der Waals surface area (Å²) < 4.78 is 27.3. The van der Waals surface area contributed by atoms with Gasteiger partial charge in [0.05, 0.1) is 24.6 Å². The zero-order valence-electron chi connectivity index (χ0n) is 8.36. The van der Waals surface area contributed by atoms with Crippen molar-refractivity contribution in [3.63, 3.8) is 0 Å². The molecule has 6 heteroatoms. The smallest absolute Gasteiger partial charge is 0.333 e. The van der Waals surface area contributed by atoms with E-state index in [1.807, 2.05) is 0 Å². The molecule has 0 saturated heterocycles. The quantitative estimate of drug-likeness (QED) is 0.409. The summed E-state index contributed by atoms with van der Waals surface area (Å²) in [6, 6.07) is 0. The Balaban J connectivity index is 3.57. The Hall–Kier alpha value is -0.560. The molecule has 0 aliphatic heterocycles. The Bertz CT molecular complexity index is 214. The number of esters is 1. The summed E-state index contributed by atoms with van der Waals surface area (Å²) in [6.07, 6.45) is 0.342. The molecule has 14 heavy (non-hydrogen) atoms. The SMILES string of the molecule is C=C(C)C(=O)OCCCS(O)(O)OC. The second kappa shape index (κ2) is 6.02. The molecule has 0 aromatic rings. The van der Waals surface area contributed by atoms with E-state index in [1.165, 1.54) is 7.11 Å². The van der Waals surface area contributed by atoms with Crippen molar-refractivity contribution in [3.05, 3.63) is 12.2 Å². The van der Waals surface area contributed by atoms with Crippen LogP contribution in [-0.2, 0) is 13.7 Å². The van der Waals surface area contributed by atoms with E-state index in [4.69, 9.17) is 13.8 Å². The van der Waals surface area contributed by atoms with Crippen molar-refractivity contribution in [2.24, 2.45) is 0 Å². The van der Waals surface area contributed by atoms with Gasteiger partial charge in [-0.25, -0.2) is 4.79 Å². The molecule has 0 rings (SSSR count). The Labute approximate surface area is 85.3 Å². The van der Waals surface area contributed by atoms with Crippen molar-refractivity contribution in [2.45, 2.75) is 13.3 Å². The van der Waals surface area contributed by atoms with Crippen LogP contribution in [0.3, 0.4) is 0 Å². The Morgan fingerprint density at radius 2 is 2.07 bits per heavy atom. The summed E-state index contributed by atoms with van der Waals surface area (Å²) in [6.45, 7) is 5.08. The molecule has 0 aromatic heterocycles. The molecular formula is C8H16O5S. The number of rotatable bonds is 6. The third-order valence-electron chi connectivity index (χ3n) is 1.40. The van der Waals surface area contributed by atoms with Crippen molar-refractivity contribution < 1.29 is 22.8 Å². The van der Waals surface area contributed by atoms with Crippen LogP contribution in [0.2, 0.25) is 0 Å². The van der Waals surface area contributed by atoms with Crippen LogP contribution < -0.4 is 0 Å². The van der Waals surface area contributed by atoms with Crippen LogP contribution in [0.1, 0.15) is 13.3 Å². The van der Waals surface area contributed by atoms with Crippen molar-refractivity contribution in [3.8, 4) is 0 Å². The lowest BCUT2D eigenvalue weighted by Gasteiger charge is -2.23. The van der Waals surface area contributed by atoms with E-state index >= 15 is 0 Å². The van der Waals surface area contributed by atoms with Crippen LogP contribution in [0.4, 0.5) is 0 Å². The first-order valence-electron chi connectivity index (χ1n) is 4.03. The molecule has 0 spiro atoms. The minimum Gasteiger partial charge on any atom is -0.462 e. The van der Waals surface area contributed by atoms with E-state index in [2.05, 4.69) is 10.8 Å². The topological polar surface area (TPSA) is 76.0 Å². The van der Waals surface area contributed by atoms with Crippen LogP contribution >= 0.6 is 10.9 Å². The average Bonchev–Trinajstić information content (AvgIpc) is 2.12. The van der Waals surface area contributed by atoms with Gasteiger partial charge in [-0.2, -0.15) is 0 Å². The number of carbonyl (C=O) groups excluding carboxylic acids is 1. The molecule has 0 aliphatic rings. The lowest BCUT2D eigenvalue weighted by molar-refractivity contribution is -0.138. The normalized spacial score (nSPS) is 12.3. The highest BCUT2D eigenvalue weighted by atomic mass is 32.3. The van der Waals surface area contributed by atoms with Crippen molar-refractivity contribution in [1.82, 2.24) is 0 Å². The van der Waals surface area contributed by atoms with Crippen LogP contribution in [0.25, 0.3) is 0 Å². The molecule has 0 radical (unpaired) electrons. The minimum atomic E-state index is -2.95. The second-order valence-corrected chi connectivity index (χ2v) is 4.70. The fraction of sp³-hybridized carbons (Fsp3) is 0.625. The summed E-state index contributed by atoms with van der Waals surface area (Å²) in [5, 5.41) is 0. The summed E-state index contributed by atoms with van der Waals surface area (Å²) in [5.74, 6) is -0.411. The van der Waals surface area contributed by atoms with Gasteiger partial charge in [0, 0.05) is 11.3 Å². The van der Waals surface area contributed by atoms with Gasteiger partial charge in [-0.3, -0.25) is 4.18 Å². The molecule has 5 nitrogen and oxygen atoms in total. The van der Waals surface area contributed by atoms with Crippen LogP contribution in [-0.4, -0.2) is 34.5 Å². The van der Waals surface area contributed by atoms with Crippen LogP contribution in [0.5, 0.6) is 0 Å². The number of carbonyl (C=O) groups is 1. The molecule has 0 aromatic carbocycles. The maximum absolute atomic E-state index is 10.9. The zero-order chi connectivity index (χ0) is 11.2. The van der Waals surface area contributed by atoms with E-state index in [9.17, 15) is 4.79 Å². The van der Waals surface area contributed by atoms with Gasteiger partial charge in [0.25, 0.3) is 0 Å². The number of ether oxygens (including phenoxy) is 1. The lowest BCUT2D eigenvalue weighted by Crippen LogP contribution is -2.10. The van der Waals surface area contributed by atoms with E-state index in [0.717, 1.165) is 0 Å². The lowest BCUT2D eigenvalue weighted by atomic mass is 10.4.